The van der Waals surface area contributed by atoms with Crippen LogP contribution in [-0.2, 0) is 16.1 Å². The van der Waals surface area contributed by atoms with Crippen LogP contribution in [0.4, 0.5) is 11.4 Å². The molecule has 0 saturated heterocycles. The lowest BCUT2D eigenvalue weighted by Gasteiger charge is -2.10. The third kappa shape index (κ3) is 3.94. The number of hydrogen-bond donors (Lipinski definition) is 2. The van der Waals surface area contributed by atoms with Gasteiger partial charge in [0, 0.05) is 24.2 Å². The molecular formula is C21H23N3O2. The second-order valence-corrected chi connectivity index (χ2v) is 6.69. The molecule has 0 spiro atoms. The normalized spacial score (nSPS) is 10.9. The fourth-order valence-electron chi connectivity index (χ4n) is 2.97. The number of aromatic nitrogens is 1. The molecule has 0 unspecified atom stereocenters. The summed E-state index contributed by atoms with van der Waals surface area (Å²) in [4.78, 5) is 23.7. The molecule has 1 heterocycles. The third-order valence-electron chi connectivity index (χ3n) is 4.30. The first-order chi connectivity index (χ1) is 12.4. The van der Waals surface area contributed by atoms with E-state index in [1.54, 1.807) is 0 Å². The van der Waals surface area contributed by atoms with Crippen molar-refractivity contribution in [2.24, 2.45) is 0 Å². The van der Waals surface area contributed by atoms with Gasteiger partial charge in [-0.3, -0.25) is 9.59 Å². The maximum Gasteiger partial charge on any atom is 0.244 e. The third-order valence-corrected chi connectivity index (χ3v) is 4.30. The van der Waals surface area contributed by atoms with E-state index in [0.29, 0.717) is 5.92 Å². The number of anilines is 2. The number of fused-ring (bicyclic) bond motifs is 1. The number of hydrogen-bond acceptors (Lipinski definition) is 2. The Bertz CT molecular complexity index is 940. The summed E-state index contributed by atoms with van der Waals surface area (Å²) in [5.41, 5.74) is 3.68. The molecule has 0 atom stereocenters. The molecule has 5 heteroatoms. The summed E-state index contributed by atoms with van der Waals surface area (Å²) in [7, 11) is 0. The van der Waals surface area contributed by atoms with Crippen LogP contribution < -0.4 is 10.6 Å². The predicted octanol–water partition coefficient (Wildman–Crippen LogP) is 4.36. The van der Waals surface area contributed by atoms with Crippen LogP contribution in [-0.4, -0.2) is 16.4 Å². The topological polar surface area (TPSA) is 63.1 Å². The van der Waals surface area contributed by atoms with E-state index in [4.69, 9.17) is 0 Å². The van der Waals surface area contributed by atoms with Gasteiger partial charge in [-0.05, 0) is 41.8 Å². The molecule has 3 rings (SSSR count). The second kappa shape index (κ2) is 7.44. The van der Waals surface area contributed by atoms with Crippen LogP contribution in [0.25, 0.3) is 10.9 Å². The fraction of sp³-hybridized carbons (Fsp3) is 0.238. The van der Waals surface area contributed by atoms with Gasteiger partial charge in [0.15, 0.2) is 0 Å². The molecule has 0 fully saturated rings. The quantitative estimate of drug-likeness (QED) is 0.719. The lowest BCUT2D eigenvalue weighted by atomic mass is 10.0. The minimum atomic E-state index is -0.118. The Morgan fingerprint density at radius 2 is 1.73 bits per heavy atom. The molecule has 2 aromatic carbocycles. The molecule has 0 radical (unpaired) electrons. The lowest BCUT2D eigenvalue weighted by molar-refractivity contribution is -0.116. The minimum absolute atomic E-state index is 0.0928. The molecule has 0 saturated carbocycles. The molecule has 0 aliphatic rings. The molecule has 5 nitrogen and oxygen atoms in total. The maximum absolute atomic E-state index is 12.4. The molecule has 0 aliphatic carbocycles. The number of carbonyl (C=O) groups excluding carboxylic acids is 2. The largest absolute Gasteiger partial charge is 0.338 e. The minimum Gasteiger partial charge on any atom is -0.338 e. The van der Waals surface area contributed by atoms with E-state index in [9.17, 15) is 9.59 Å². The summed E-state index contributed by atoms with van der Waals surface area (Å²) in [5, 5.41) is 6.66. The zero-order valence-electron chi connectivity index (χ0n) is 15.2. The van der Waals surface area contributed by atoms with Gasteiger partial charge in [-0.25, -0.2) is 0 Å². The molecule has 0 bridgehead atoms. The maximum atomic E-state index is 12.4. The van der Waals surface area contributed by atoms with Crippen molar-refractivity contribution in [2.45, 2.75) is 33.2 Å². The van der Waals surface area contributed by atoms with Crippen molar-refractivity contribution in [3.05, 3.63) is 60.3 Å². The number of nitrogens with zero attached hydrogens (tertiary/aromatic N) is 1. The Labute approximate surface area is 153 Å². The first-order valence-corrected chi connectivity index (χ1v) is 8.69. The van der Waals surface area contributed by atoms with Gasteiger partial charge in [-0.1, -0.05) is 32.0 Å². The first-order valence-electron chi connectivity index (χ1n) is 8.69. The highest BCUT2D eigenvalue weighted by Gasteiger charge is 2.10. The van der Waals surface area contributed by atoms with Gasteiger partial charge in [-0.2, -0.15) is 0 Å². The Hall–Kier alpha value is -3.08. The van der Waals surface area contributed by atoms with E-state index in [-0.39, 0.29) is 18.4 Å². The first kappa shape index (κ1) is 17.7. The molecular weight excluding hydrogens is 326 g/mol. The summed E-state index contributed by atoms with van der Waals surface area (Å²) < 4.78 is 1.87. The Kier molecular flexibility index (Phi) is 5.07. The van der Waals surface area contributed by atoms with Gasteiger partial charge < -0.3 is 15.2 Å². The van der Waals surface area contributed by atoms with E-state index in [2.05, 4.69) is 24.5 Å². The highest BCUT2D eigenvalue weighted by atomic mass is 16.2. The van der Waals surface area contributed by atoms with Gasteiger partial charge in [-0.15, -0.1) is 0 Å². The van der Waals surface area contributed by atoms with Gasteiger partial charge in [0.2, 0.25) is 11.8 Å². The molecule has 1 aromatic heterocycles. The summed E-state index contributed by atoms with van der Waals surface area (Å²) >= 11 is 0. The van der Waals surface area contributed by atoms with Crippen molar-refractivity contribution in [1.82, 2.24) is 4.57 Å². The van der Waals surface area contributed by atoms with Gasteiger partial charge in [0.25, 0.3) is 0 Å². The van der Waals surface area contributed by atoms with E-state index in [1.807, 2.05) is 59.3 Å². The van der Waals surface area contributed by atoms with Crippen molar-refractivity contribution in [1.29, 1.82) is 0 Å². The predicted molar refractivity (Wildman–Crippen MR) is 105 cm³/mol. The summed E-state index contributed by atoms with van der Waals surface area (Å²) in [6.45, 7) is 5.96. The van der Waals surface area contributed by atoms with Crippen LogP contribution in [0.2, 0.25) is 0 Å². The van der Waals surface area contributed by atoms with Gasteiger partial charge >= 0.3 is 0 Å². The Morgan fingerprint density at radius 3 is 2.38 bits per heavy atom. The van der Waals surface area contributed by atoms with E-state index in [1.165, 1.54) is 12.5 Å². The SMILES string of the molecule is CC(=O)Nc1cccc2c1ccn2CC(=O)Nc1ccc(C(C)C)cc1. The Balaban J connectivity index is 1.74. The molecule has 2 amide bonds. The number of rotatable bonds is 5. The van der Waals surface area contributed by atoms with Crippen LogP contribution in [0, 0.1) is 0 Å². The number of amides is 2. The standard InChI is InChI=1S/C21H23N3O2/c1-14(2)16-7-9-17(10-8-16)23-21(26)13-24-12-11-18-19(22-15(3)25)5-4-6-20(18)24/h4-12,14H,13H2,1-3H3,(H,22,25)(H,23,26). The molecule has 0 aliphatic heterocycles. The monoisotopic (exact) mass is 349 g/mol. The number of benzene rings is 2. The molecule has 134 valence electrons. The number of nitrogens with one attached hydrogen (secondary N) is 2. The smallest absolute Gasteiger partial charge is 0.244 e. The van der Waals surface area contributed by atoms with Crippen molar-refractivity contribution in [3.63, 3.8) is 0 Å². The summed E-state index contributed by atoms with van der Waals surface area (Å²) in [6.07, 6.45) is 1.86. The zero-order valence-corrected chi connectivity index (χ0v) is 15.2. The highest BCUT2D eigenvalue weighted by Crippen LogP contribution is 2.24. The average Bonchev–Trinajstić information content (AvgIpc) is 2.99. The lowest BCUT2D eigenvalue weighted by Crippen LogP contribution is -2.18. The molecule has 2 N–H and O–H groups in total. The Morgan fingerprint density at radius 1 is 1.00 bits per heavy atom. The average molecular weight is 349 g/mol. The van der Waals surface area contributed by atoms with E-state index < -0.39 is 0 Å². The second-order valence-electron chi connectivity index (χ2n) is 6.69. The molecule has 3 aromatic rings. The van der Waals surface area contributed by atoms with Crippen LogP contribution in [0.15, 0.2) is 54.7 Å². The zero-order chi connectivity index (χ0) is 18.7. The van der Waals surface area contributed by atoms with E-state index >= 15 is 0 Å². The van der Waals surface area contributed by atoms with Crippen molar-refractivity contribution in [2.75, 3.05) is 10.6 Å². The fourth-order valence-corrected chi connectivity index (χ4v) is 2.97. The highest BCUT2D eigenvalue weighted by molar-refractivity contribution is 6.01. The summed E-state index contributed by atoms with van der Waals surface area (Å²) in [6, 6.07) is 15.5. The van der Waals surface area contributed by atoms with Crippen molar-refractivity contribution < 1.29 is 9.59 Å². The van der Waals surface area contributed by atoms with Crippen LogP contribution in [0.3, 0.4) is 0 Å². The van der Waals surface area contributed by atoms with E-state index in [0.717, 1.165) is 22.3 Å². The number of carbonyl (C=O) groups is 2. The van der Waals surface area contributed by atoms with Crippen molar-refractivity contribution >= 4 is 34.1 Å². The van der Waals surface area contributed by atoms with Crippen LogP contribution >= 0.6 is 0 Å². The van der Waals surface area contributed by atoms with Gasteiger partial charge in [0.05, 0.1) is 11.2 Å². The molecule has 26 heavy (non-hydrogen) atoms. The summed E-state index contributed by atoms with van der Waals surface area (Å²) in [5.74, 6) is 0.251. The van der Waals surface area contributed by atoms with Crippen LogP contribution in [0.5, 0.6) is 0 Å². The van der Waals surface area contributed by atoms with Crippen molar-refractivity contribution in [3.8, 4) is 0 Å². The van der Waals surface area contributed by atoms with Gasteiger partial charge in [0.1, 0.15) is 6.54 Å². The van der Waals surface area contributed by atoms with Crippen LogP contribution in [0.1, 0.15) is 32.3 Å².